The Labute approximate surface area is 266 Å². The van der Waals surface area contributed by atoms with E-state index in [1.807, 2.05) is 0 Å². The molecule has 42 heavy (non-hydrogen) atoms. The summed E-state index contributed by atoms with van der Waals surface area (Å²) in [4.78, 5) is 29.1. The van der Waals surface area contributed by atoms with Crippen molar-refractivity contribution in [2.45, 2.75) is 62.6 Å². The molecule has 1 saturated carbocycles. The summed E-state index contributed by atoms with van der Waals surface area (Å²) in [6.45, 7) is 1.17. The summed E-state index contributed by atoms with van der Waals surface area (Å²) in [5, 5.41) is 3.83. The molecule has 0 spiro atoms. The Morgan fingerprint density at radius 1 is 0.905 bits per heavy atom. The fourth-order valence-electron chi connectivity index (χ4n) is 5.04. The largest absolute Gasteiger partial charge is 0.352 e. The minimum Gasteiger partial charge on any atom is -0.352 e. The molecule has 0 saturated heterocycles. The summed E-state index contributed by atoms with van der Waals surface area (Å²) < 4.78 is 28.8. The number of hydrogen-bond donors (Lipinski definition) is 1. The Bertz CT molecular complexity index is 1530. The molecule has 4 rings (SSSR count). The Hall–Kier alpha value is -2.49. The summed E-state index contributed by atoms with van der Waals surface area (Å²) in [6, 6.07) is 16.4. The van der Waals surface area contributed by atoms with Crippen molar-refractivity contribution in [2.75, 3.05) is 10.8 Å². The van der Waals surface area contributed by atoms with Gasteiger partial charge in [0.05, 0.1) is 30.7 Å². The van der Waals surface area contributed by atoms with Gasteiger partial charge in [-0.1, -0.05) is 96.5 Å². The summed E-state index contributed by atoms with van der Waals surface area (Å²) in [7, 11) is -4.27. The normalized spacial score (nSPS) is 14.4. The minimum absolute atomic E-state index is 0.00514. The molecule has 0 aromatic heterocycles. The van der Waals surface area contributed by atoms with Crippen LogP contribution >= 0.6 is 46.4 Å². The third-order valence-electron chi connectivity index (χ3n) is 7.23. The number of anilines is 1. The monoisotopic (exact) mass is 669 g/mol. The number of carbonyl (C=O) groups excluding carboxylic acids is 2. The molecule has 7 nitrogen and oxygen atoms in total. The van der Waals surface area contributed by atoms with Crippen LogP contribution in [0.3, 0.4) is 0 Å². The maximum atomic E-state index is 14.2. The fourth-order valence-corrected chi connectivity index (χ4v) is 7.26. The number of carbonyl (C=O) groups is 2. The first-order valence-electron chi connectivity index (χ1n) is 13.6. The van der Waals surface area contributed by atoms with Gasteiger partial charge in [0.2, 0.25) is 11.8 Å². The summed E-state index contributed by atoms with van der Waals surface area (Å²) in [6.07, 6.45) is 4.11. The van der Waals surface area contributed by atoms with E-state index in [-0.39, 0.29) is 39.1 Å². The highest BCUT2D eigenvalue weighted by atomic mass is 35.5. The van der Waals surface area contributed by atoms with Crippen LogP contribution < -0.4 is 9.62 Å². The van der Waals surface area contributed by atoms with Crippen LogP contribution in [0.4, 0.5) is 5.69 Å². The molecule has 1 aliphatic carbocycles. The second kappa shape index (κ2) is 14.3. The van der Waals surface area contributed by atoms with E-state index in [1.165, 1.54) is 29.2 Å². The zero-order valence-corrected chi connectivity index (χ0v) is 26.7. The van der Waals surface area contributed by atoms with Crippen LogP contribution in [0.2, 0.25) is 20.1 Å². The van der Waals surface area contributed by atoms with Crippen molar-refractivity contribution in [1.29, 1.82) is 0 Å². The SMILES string of the molecule is CC[C@H](C(=O)NC1CCCC1)N(Cc1ccc(Cl)c(Cl)c1)C(=O)CN(c1cccc(Cl)c1Cl)S(=O)(=O)c1ccccc1. The number of hydrogen-bond acceptors (Lipinski definition) is 4. The molecule has 1 atom stereocenters. The molecule has 12 heteroatoms. The van der Waals surface area contributed by atoms with Crippen LogP contribution in [0.5, 0.6) is 0 Å². The van der Waals surface area contributed by atoms with Gasteiger partial charge in [0.15, 0.2) is 0 Å². The summed E-state index contributed by atoms with van der Waals surface area (Å²) in [5.41, 5.74) is 0.669. The van der Waals surface area contributed by atoms with Crippen LogP contribution in [0.1, 0.15) is 44.6 Å². The van der Waals surface area contributed by atoms with Gasteiger partial charge in [0, 0.05) is 12.6 Å². The van der Waals surface area contributed by atoms with Gasteiger partial charge in [-0.3, -0.25) is 13.9 Å². The smallest absolute Gasteiger partial charge is 0.264 e. The van der Waals surface area contributed by atoms with Crippen LogP contribution in [0.15, 0.2) is 71.6 Å². The molecule has 1 N–H and O–H groups in total. The van der Waals surface area contributed by atoms with E-state index in [0.29, 0.717) is 22.0 Å². The van der Waals surface area contributed by atoms with E-state index in [1.54, 1.807) is 49.4 Å². The molecule has 3 aromatic rings. The van der Waals surface area contributed by atoms with E-state index in [9.17, 15) is 18.0 Å². The lowest BCUT2D eigenvalue weighted by molar-refractivity contribution is -0.140. The maximum Gasteiger partial charge on any atom is 0.264 e. The van der Waals surface area contributed by atoms with Crippen molar-refractivity contribution < 1.29 is 18.0 Å². The molecule has 0 aliphatic heterocycles. The first-order chi connectivity index (χ1) is 20.0. The van der Waals surface area contributed by atoms with E-state index in [2.05, 4.69) is 5.32 Å². The van der Waals surface area contributed by atoms with E-state index < -0.39 is 28.5 Å². The number of nitrogens with zero attached hydrogens (tertiary/aromatic N) is 2. The lowest BCUT2D eigenvalue weighted by Crippen LogP contribution is -2.53. The highest BCUT2D eigenvalue weighted by molar-refractivity contribution is 7.92. The zero-order chi connectivity index (χ0) is 30.4. The zero-order valence-electron chi connectivity index (χ0n) is 22.9. The standard InChI is InChI=1S/C30H31Cl4N3O4S/c1-2-26(30(39)35-21-9-6-7-10-21)36(18-20-15-16-23(31)25(33)17-20)28(38)19-37(27-14-8-13-24(32)29(27)34)42(40,41)22-11-4-3-5-12-22/h3-5,8,11-17,21,26H,2,6-7,9-10,18-19H2,1H3,(H,35,39)/t26-/m1/s1. The fraction of sp³-hybridized carbons (Fsp3) is 0.333. The van der Waals surface area contributed by atoms with Gasteiger partial charge in [0.1, 0.15) is 12.6 Å². The van der Waals surface area contributed by atoms with Crippen molar-refractivity contribution in [3.05, 3.63) is 92.4 Å². The van der Waals surface area contributed by atoms with Crippen molar-refractivity contribution >= 4 is 73.9 Å². The molecule has 0 unspecified atom stereocenters. The van der Waals surface area contributed by atoms with Gasteiger partial charge < -0.3 is 10.2 Å². The quantitative estimate of drug-likeness (QED) is 0.231. The number of sulfonamides is 1. The molecule has 2 amide bonds. The first kappa shape index (κ1) is 32.4. The predicted octanol–water partition coefficient (Wildman–Crippen LogP) is 7.36. The molecule has 1 fully saturated rings. The predicted molar refractivity (Wildman–Crippen MR) is 169 cm³/mol. The Balaban J connectivity index is 1.75. The van der Waals surface area contributed by atoms with E-state index in [4.69, 9.17) is 46.4 Å². The van der Waals surface area contributed by atoms with Crippen molar-refractivity contribution in [1.82, 2.24) is 10.2 Å². The third-order valence-corrected chi connectivity index (χ3v) is 10.6. The average Bonchev–Trinajstić information content (AvgIpc) is 3.48. The number of rotatable bonds is 11. The van der Waals surface area contributed by atoms with Crippen LogP contribution in [0.25, 0.3) is 0 Å². The topological polar surface area (TPSA) is 86.8 Å². The van der Waals surface area contributed by atoms with Gasteiger partial charge in [-0.05, 0) is 61.2 Å². The van der Waals surface area contributed by atoms with E-state index in [0.717, 1.165) is 30.0 Å². The van der Waals surface area contributed by atoms with Gasteiger partial charge in [0.25, 0.3) is 10.0 Å². The Kier molecular flexibility index (Phi) is 11.1. The molecule has 3 aromatic carbocycles. The van der Waals surface area contributed by atoms with E-state index >= 15 is 0 Å². The van der Waals surface area contributed by atoms with Gasteiger partial charge >= 0.3 is 0 Å². The number of nitrogens with one attached hydrogen (secondary N) is 1. The van der Waals surface area contributed by atoms with Crippen LogP contribution in [-0.2, 0) is 26.2 Å². The molecule has 0 bridgehead atoms. The third kappa shape index (κ3) is 7.53. The van der Waals surface area contributed by atoms with Crippen LogP contribution in [-0.4, -0.2) is 43.8 Å². The van der Waals surface area contributed by atoms with Gasteiger partial charge in [-0.15, -0.1) is 0 Å². The van der Waals surface area contributed by atoms with Gasteiger partial charge in [-0.25, -0.2) is 8.42 Å². The van der Waals surface area contributed by atoms with Crippen LogP contribution in [0, 0.1) is 0 Å². The lowest BCUT2D eigenvalue weighted by atomic mass is 10.1. The van der Waals surface area contributed by atoms with Crippen molar-refractivity contribution in [3.8, 4) is 0 Å². The second-order valence-corrected chi connectivity index (χ2v) is 13.5. The minimum atomic E-state index is -4.27. The lowest BCUT2D eigenvalue weighted by Gasteiger charge is -2.34. The van der Waals surface area contributed by atoms with Crippen molar-refractivity contribution in [3.63, 3.8) is 0 Å². The highest BCUT2D eigenvalue weighted by Gasteiger charge is 2.35. The first-order valence-corrected chi connectivity index (χ1v) is 16.5. The van der Waals surface area contributed by atoms with Gasteiger partial charge in [-0.2, -0.15) is 0 Å². The molecule has 0 heterocycles. The number of halogens is 4. The molecule has 1 aliphatic rings. The maximum absolute atomic E-state index is 14.2. The molecule has 0 radical (unpaired) electrons. The Morgan fingerprint density at radius 2 is 1.60 bits per heavy atom. The molecular formula is C30H31Cl4N3O4S. The average molecular weight is 671 g/mol. The number of benzene rings is 3. The summed E-state index contributed by atoms with van der Waals surface area (Å²) >= 11 is 25.1. The molecule has 224 valence electrons. The highest BCUT2D eigenvalue weighted by Crippen LogP contribution is 2.36. The number of amides is 2. The molecular weight excluding hydrogens is 640 g/mol. The van der Waals surface area contributed by atoms with Crippen molar-refractivity contribution in [2.24, 2.45) is 0 Å². The summed E-state index contributed by atoms with van der Waals surface area (Å²) in [5.74, 6) is -0.902. The Morgan fingerprint density at radius 3 is 2.24 bits per heavy atom. The second-order valence-electron chi connectivity index (χ2n) is 10.1.